The Morgan fingerprint density at radius 2 is 1.73 bits per heavy atom. The summed E-state index contributed by atoms with van der Waals surface area (Å²) in [5.41, 5.74) is 2.80. The summed E-state index contributed by atoms with van der Waals surface area (Å²) < 4.78 is 5.27. The number of nitrogens with zero attached hydrogens (tertiary/aromatic N) is 1. The molecule has 4 heteroatoms. The van der Waals surface area contributed by atoms with E-state index in [2.05, 4.69) is 0 Å². The number of rotatable bonds is 6. The SMILES string of the molecule is COc1cccc(SC=CC(=Nc2ccccc2)c2ccc(Cl)cc2)c1. The van der Waals surface area contributed by atoms with Crippen LogP contribution in [-0.2, 0) is 0 Å². The van der Waals surface area contributed by atoms with Crippen molar-refractivity contribution in [2.45, 2.75) is 4.90 Å². The molecule has 0 aliphatic carbocycles. The number of allylic oxidation sites excluding steroid dienone is 1. The Morgan fingerprint density at radius 1 is 0.962 bits per heavy atom. The molecule has 0 saturated carbocycles. The summed E-state index contributed by atoms with van der Waals surface area (Å²) >= 11 is 7.63. The van der Waals surface area contributed by atoms with Crippen LogP contribution in [0.5, 0.6) is 5.75 Å². The molecule has 0 radical (unpaired) electrons. The van der Waals surface area contributed by atoms with Gasteiger partial charge in [-0.15, -0.1) is 0 Å². The summed E-state index contributed by atoms with van der Waals surface area (Å²) in [6.07, 6.45) is 2.01. The number of ether oxygens (including phenoxy) is 1. The predicted molar refractivity (Wildman–Crippen MR) is 112 cm³/mol. The molecule has 130 valence electrons. The van der Waals surface area contributed by atoms with E-state index in [0.29, 0.717) is 5.02 Å². The molecule has 0 unspecified atom stereocenters. The quantitative estimate of drug-likeness (QED) is 0.348. The Labute approximate surface area is 163 Å². The van der Waals surface area contributed by atoms with Gasteiger partial charge in [0.2, 0.25) is 0 Å². The van der Waals surface area contributed by atoms with E-state index in [9.17, 15) is 0 Å². The average molecular weight is 380 g/mol. The highest BCUT2D eigenvalue weighted by atomic mass is 35.5. The van der Waals surface area contributed by atoms with Gasteiger partial charge >= 0.3 is 0 Å². The van der Waals surface area contributed by atoms with Crippen molar-refractivity contribution in [1.82, 2.24) is 0 Å². The van der Waals surface area contributed by atoms with Crippen molar-refractivity contribution in [1.29, 1.82) is 0 Å². The number of benzene rings is 3. The fraction of sp³-hybridized carbons (Fsp3) is 0.0455. The van der Waals surface area contributed by atoms with Crippen molar-refractivity contribution in [2.24, 2.45) is 4.99 Å². The molecule has 0 heterocycles. The molecule has 0 N–H and O–H groups in total. The molecule has 2 nitrogen and oxygen atoms in total. The van der Waals surface area contributed by atoms with E-state index in [1.807, 2.05) is 90.3 Å². The standard InChI is InChI=1S/C22H18ClNOS/c1-25-20-8-5-9-21(16-20)26-15-14-22(17-10-12-18(23)13-11-17)24-19-6-3-2-4-7-19/h2-16H,1H3. The van der Waals surface area contributed by atoms with Gasteiger partial charge in [0, 0.05) is 15.5 Å². The summed E-state index contributed by atoms with van der Waals surface area (Å²) in [6.45, 7) is 0. The van der Waals surface area contributed by atoms with Crippen LogP contribution in [0.4, 0.5) is 5.69 Å². The molecule has 26 heavy (non-hydrogen) atoms. The van der Waals surface area contributed by atoms with E-state index in [-0.39, 0.29) is 0 Å². The van der Waals surface area contributed by atoms with Gasteiger partial charge in [0.25, 0.3) is 0 Å². The summed E-state index contributed by atoms with van der Waals surface area (Å²) in [4.78, 5) is 5.88. The van der Waals surface area contributed by atoms with Gasteiger partial charge in [-0.25, -0.2) is 4.99 Å². The van der Waals surface area contributed by atoms with Crippen molar-refractivity contribution in [3.05, 3.63) is 101 Å². The third-order valence-electron chi connectivity index (χ3n) is 3.62. The Bertz CT molecular complexity index is 905. The third-order valence-corrected chi connectivity index (χ3v) is 4.67. The Kier molecular flexibility index (Phi) is 6.53. The highest BCUT2D eigenvalue weighted by Crippen LogP contribution is 2.24. The first-order valence-electron chi connectivity index (χ1n) is 8.11. The van der Waals surface area contributed by atoms with Crippen LogP contribution in [0.25, 0.3) is 0 Å². The molecule has 0 saturated heterocycles. The molecule has 0 aliphatic rings. The first-order chi connectivity index (χ1) is 12.7. The van der Waals surface area contributed by atoms with E-state index in [0.717, 1.165) is 27.6 Å². The lowest BCUT2D eigenvalue weighted by atomic mass is 10.1. The summed E-state index contributed by atoms with van der Waals surface area (Å²) in [5, 5.41) is 2.74. The van der Waals surface area contributed by atoms with E-state index >= 15 is 0 Å². The van der Waals surface area contributed by atoms with Gasteiger partial charge in [-0.05, 0) is 53.9 Å². The maximum atomic E-state index is 6.02. The van der Waals surface area contributed by atoms with Crippen LogP contribution < -0.4 is 4.74 Å². The van der Waals surface area contributed by atoms with E-state index in [1.165, 1.54) is 0 Å². The second kappa shape index (κ2) is 9.27. The van der Waals surface area contributed by atoms with Crippen LogP contribution in [0.2, 0.25) is 5.02 Å². The topological polar surface area (TPSA) is 21.6 Å². The molecule has 0 atom stereocenters. The second-order valence-corrected chi connectivity index (χ2v) is 6.85. The minimum absolute atomic E-state index is 0.711. The molecule has 0 amide bonds. The molecular formula is C22H18ClNOS. The van der Waals surface area contributed by atoms with Gasteiger partial charge in [-0.2, -0.15) is 0 Å². The van der Waals surface area contributed by atoms with Crippen molar-refractivity contribution in [3.63, 3.8) is 0 Å². The molecule has 0 bridgehead atoms. The number of hydrogen-bond donors (Lipinski definition) is 0. The largest absolute Gasteiger partial charge is 0.497 e. The summed E-state index contributed by atoms with van der Waals surface area (Å²) in [5.74, 6) is 0.847. The molecule has 3 rings (SSSR count). The van der Waals surface area contributed by atoms with Crippen LogP contribution in [0.1, 0.15) is 5.56 Å². The second-order valence-electron chi connectivity index (χ2n) is 5.44. The minimum atomic E-state index is 0.711. The van der Waals surface area contributed by atoms with Gasteiger partial charge in [-0.3, -0.25) is 0 Å². The number of para-hydroxylation sites is 1. The zero-order valence-corrected chi connectivity index (χ0v) is 15.9. The number of halogens is 1. The van der Waals surface area contributed by atoms with Gasteiger partial charge in [0.1, 0.15) is 5.75 Å². The monoisotopic (exact) mass is 379 g/mol. The first-order valence-corrected chi connectivity index (χ1v) is 9.37. The van der Waals surface area contributed by atoms with Crippen molar-refractivity contribution in [3.8, 4) is 5.75 Å². The Morgan fingerprint density at radius 3 is 2.46 bits per heavy atom. The first kappa shape index (κ1) is 18.3. The van der Waals surface area contributed by atoms with Gasteiger partial charge in [0.15, 0.2) is 0 Å². The fourth-order valence-electron chi connectivity index (χ4n) is 2.31. The number of methoxy groups -OCH3 is 1. The van der Waals surface area contributed by atoms with Crippen LogP contribution in [0, 0.1) is 0 Å². The maximum Gasteiger partial charge on any atom is 0.119 e. The normalized spacial score (nSPS) is 11.7. The van der Waals surface area contributed by atoms with E-state index < -0.39 is 0 Å². The van der Waals surface area contributed by atoms with Crippen molar-refractivity contribution >= 4 is 34.8 Å². The van der Waals surface area contributed by atoms with E-state index in [4.69, 9.17) is 21.3 Å². The minimum Gasteiger partial charge on any atom is -0.497 e. The van der Waals surface area contributed by atoms with Crippen LogP contribution in [0.3, 0.4) is 0 Å². The number of hydrogen-bond acceptors (Lipinski definition) is 3. The van der Waals surface area contributed by atoms with Gasteiger partial charge < -0.3 is 4.74 Å². The van der Waals surface area contributed by atoms with Crippen LogP contribution in [-0.4, -0.2) is 12.8 Å². The molecule has 3 aromatic carbocycles. The van der Waals surface area contributed by atoms with Crippen molar-refractivity contribution in [2.75, 3.05) is 7.11 Å². The number of aliphatic imine (C=N–C) groups is 1. The highest BCUT2D eigenvalue weighted by molar-refractivity contribution is 8.02. The molecule has 0 fully saturated rings. The van der Waals surface area contributed by atoms with E-state index in [1.54, 1.807) is 18.9 Å². The Balaban J connectivity index is 1.85. The summed E-state index contributed by atoms with van der Waals surface area (Å²) in [7, 11) is 1.67. The van der Waals surface area contributed by atoms with Crippen molar-refractivity contribution < 1.29 is 4.74 Å². The van der Waals surface area contributed by atoms with Crippen LogP contribution >= 0.6 is 23.4 Å². The Hall–Kier alpha value is -2.49. The number of thioether (sulfide) groups is 1. The highest BCUT2D eigenvalue weighted by Gasteiger charge is 2.02. The zero-order chi connectivity index (χ0) is 18.2. The molecule has 0 aromatic heterocycles. The molecular weight excluding hydrogens is 362 g/mol. The fourth-order valence-corrected chi connectivity index (χ4v) is 3.13. The molecule has 3 aromatic rings. The van der Waals surface area contributed by atoms with Gasteiger partial charge in [0.05, 0.1) is 18.5 Å². The predicted octanol–water partition coefficient (Wildman–Crippen LogP) is 6.78. The zero-order valence-electron chi connectivity index (χ0n) is 14.3. The third kappa shape index (κ3) is 5.25. The summed E-state index contributed by atoms with van der Waals surface area (Å²) in [6, 6.07) is 25.6. The lowest BCUT2D eigenvalue weighted by Crippen LogP contribution is -1.95. The van der Waals surface area contributed by atoms with Crippen LogP contribution in [0.15, 0.2) is 100 Å². The van der Waals surface area contributed by atoms with Gasteiger partial charge in [-0.1, -0.05) is 59.8 Å². The molecule has 0 aliphatic heterocycles. The lowest BCUT2D eigenvalue weighted by molar-refractivity contribution is 0.413. The molecule has 0 spiro atoms. The average Bonchev–Trinajstić information content (AvgIpc) is 2.69. The smallest absolute Gasteiger partial charge is 0.119 e. The lowest BCUT2D eigenvalue weighted by Gasteiger charge is -2.04. The maximum absolute atomic E-state index is 6.02.